The van der Waals surface area contributed by atoms with Gasteiger partial charge in [-0.2, -0.15) is 0 Å². The van der Waals surface area contributed by atoms with Gasteiger partial charge in [-0.05, 0) is 55.0 Å². The highest BCUT2D eigenvalue weighted by Gasteiger charge is 2.11. The standard InChI is InChI=1S/C17H22N2O2S/c1-12-8-10-22-16(12)14-5-4-6-15(11-14)18-17(21)19(3)9-7-13(2)20/h4-6,8,10-11,13,20H,7,9H2,1-3H3,(H,18,21). The number of anilines is 1. The van der Waals surface area contributed by atoms with E-state index in [0.29, 0.717) is 13.0 Å². The van der Waals surface area contributed by atoms with E-state index in [4.69, 9.17) is 0 Å². The van der Waals surface area contributed by atoms with Crippen molar-refractivity contribution in [1.82, 2.24) is 4.90 Å². The van der Waals surface area contributed by atoms with Crippen LogP contribution >= 0.6 is 11.3 Å². The van der Waals surface area contributed by atoms with Crippen LogP contribution in [-0.2, 0) is 0 Å². The first kappa shape index (κ1) is 16.5. The largest absolute Gasteiger partial charge is 0.393 e. The van der Waals surface area contributed by atoms with Crippen molar-refractivity contribution >= 4 is 23.1 Å². The van der Waals surface area contributed by atoms with E-state index >= 15 is 0 Å². The van der Waals surface area contributed by atoms with Crippen LogP contribution in [-0.4, -0.2) is 35.7 Å². The lowest BCUT2D eigenvalue weighted by Gasteiger charge is -2.19. The van der Waals surface area contributed by atoms with Crippen molar-refractivity contribution in [3.05, 3.63) is 41.3 Å². The number of carbonyl (C=O) groups is 1. The Morgan fingerprint density at radius 2 is 2.18 bits per heavy atom. The molecular formula is C17H22N2O2S. The molecule has 22 heavy (non-hydrogen) atoms. The second kappa shape index (κ2) is 7.42. The molecule has 2 amide bonds. The Morgan fingerprint density at radius 3 is 2.82 bits per heavy atom. The molecule has 1 unspecified atom stereocenters. The van der Waals surface area contributed by atoms with E-state index in [-0.39, 0.29) is 6.03 Å². The monoisotopic (exact) mass is 318 g/mol. The molecule has 2 rings (SSSR count). The van der Waals surface area contributed by atoms with Gasteiger partial charge in [0.2, 0.25) is 0 Å². The number of aliphatic hydroxyl groups excluding tert-OH is 1. The summed E-state index contributed by atoms with van der Waals surface area (Å²) in [6, 6.07) is 9.79. The van der Waals surface area contributed by atoms with E-state index in [1.807, 2.05) is 24.3 Å². The first-order valence-corrected chi connectivity index (χ1v) is 8.20. The number of thiophene rings is 1. The zero-order valence-electron chi connectivity index (χ0n) is 13.2. The highest BCUT2D eigenvalue weighted by molar-refractivity contribution is 7.13. The van der Waals surface area contributed by atoms with E-state index in [2.05, 4.69) is 23.7 Å². The summed E-state index contributed by atoms with van der Waals surface area (Å²) in [7, 11) is 1.73. The van der Waals surface area contributed by atoms with Crippen LogP contribution in [0.15, 0.2) is 35.7 Å². The van der Waals surface area contributed by atoms with Crippen molar-refractivity contribution in [1.29, 1.82) is 0 Å². The summed E-state index contributed by atoms with van der Waals surface area (Å²) in [6.07, 6.45) is 0.165. The Hall–Kier alpha value is -1.85. The molecule has 0 spiro atoms. The van der Waals surface area contributed by atoms with E-state index in [0.717, 1.165) is 11.3 Å². The van der Waals surface area contributed by atoms with Gasteiger partial charge in [0.1, 0.15) is 0 Å². The van der Waals surface area contributed by atoms with Gasteiger partial charge in [0.05, 0.1) is 6.10 Å². The van der Waals surface area contributed by atoms with Crippen LogP contribution < -0.4 is 5.32 Å². The summed E-state index contributed by atoms with van der Waals surface area (Å²) in [5.74, 6) is 0. The topological polar surface area (TPSA) is 52.6 Å². The molecule has 0 radical (unpaired) electrons. The minimum absolute atomic E-state index is 0.166. The quantitative estimate of drug-likeness (QED) is 0.877. The Balaban J connectivity index is 2.04. The third kappa shape index (κ3) is 4.32. The molecule has 1 aromatic heterocycles. The zero-order chi connectivity index (χ0) is 16.1. The van der Waals surface area contributed by atoms with Gasteiger partial charge in [-0.3, -0.25) is 0 Å². The van der Waals surface area contributed by atoms with Crippen LogP contribution in [0.4, 0.5) is 10.5 Å². The van der Waals surface area contributed by atoms with Crippen molar-refractivity contribution in [2.45, 2.75) is 26.4 Å². The maximum Gasteiger partial charge on any atom is 0.321 e. The Labute approximate surface area is 135 Å². The Morgan fingerprint density at radius 1 is 1.41 bits per heavy atom. The van der Waals surface area contributed by atoms with E-state index in [1.165, 1.54) is 10.4 Å². The van der Waals surface area contributed by atoms with E-state index < -0.39 is 6.10 Å². The Bertz CT molecular complexity index is 637. The van der Waals surface area contributed by atoms with Crippen LogP contribution in [0.3, 0.4) is 0 Å². The van der Waals surface area contributed by atoms with E-state index in [1.54, 1.807) is 30.2 Å². The smallest absolute Gasteiger partial charge is 0.321 e. The molecule has 1 heterocycles. The highest BCUT2D eigenvalue weighted by atomic mass is 32.1. The van der Waals surface area contributed by atoms with Crippen LogP contribution in [0.1, 0.15) is 18.9 Å². The van der Waals surface area contributed by atoms with Crippen LogP contribution in [0, 0.1) is 6.92 Å². The molecule has 1 aromatic carbocycles. The fourth-order valence-electron chi connectivity index (χ4n) is 2.11. The number of aryl methyl sites for hydroxylation is 1. The van der Waals surface area contributed by atoms with Gasteiger partial charge in [0.15, 0.2) is 0 Å². The van der Waals surface area contributed by atoms with Crippen molar-refractivity contribution in [3.63, 3.8) is 0 Å². The number of rotatable bonds is 5. The normalized spacial score (nSPS) is 12.0. The molecule has 0 aliphatic carbocycles. The number of aliphatic hydroxyl groups is 1. The molecule has 2 N–H and O–H groups in total. The zero-order valence-corrected chi connectivity index (χ0v) is 14.0. The van der Waals surface area contributed by atoms with Crippen LogP contribution in [0.25, 0.3) is 10.4 Å². The molecule has 2 aromatic rings. The lowest BCUT2D eigenvalue weighted by molar-refractivity contribution is 0.167. The van der Waals surface area contributed by atoms with Gasteiger partial charge in [-0.25, -0.2) is 4.79 Å². The second-order valence-corrected chi connectivity index (χ2v) is 6.42. The molecule has 0 aliphatic heterocycles. The number of benzene rings is 1. The summed E-state index contributed by atoms with van der Waals surface area (Å²) in [5, 5.41) is 14.2. The molecule has 0 saturated carbocycles. The number of hydrogen-bond acceptors (Lipinski definition) is 3. The predicted molar refractivity (Wildman–Crippen MR) is 92.4 cm³/mol. The first-order valence-electron chi connectivity index (χ1n) is 7.32. The fraction of sp³-hybridized carbons (Fsp3) is 0.353. The molecule has 0 fully saturated rings. The highest BCUT2D eigenvalue weighted by Crippen LogP contribution is 2.30. The van der Waals surface area contributed by atoms with Crippen molar-refractivity contribution < 1.29 is 9.90 Å². The lowest BCUT2D eigenvalue weighted by atomic mass is 10.1. The number of carbonyl (C=O) groups excluding carboxylic acids is 1. The van der Waals surface area contributed by atoms with Gasteiger partial charge >= 0.3 is 6.03 Å². The van der Waals surface area contributed by atoms with Gasteiger partial charge < -0.3 is 15.3 Å². The average molecular weight is 318 g/mol. The summed E-state index contributed by atoms with van der Waals surface area (Å²) in [6.45, 7) is 4.33. The van der Waals surface area contributed by atoms with Gasteiger partial charge in [0.25, 0.3) is 0 Å². The number of nitrogens with one attached hydrogen (secondary N) is 1. The minimum Gasteiger partial charge on any atom is -0.393 e. The number of hydrogen-bond donors (Lipinski definition) is 2. The van der Waals surface area contributed by atoms with Crippen LogP contribution in [0.5, 0.6) is 0 Å². The number of urea groups is 1. The first-order chi connectivity index (χ1) is 10.5. The molecule has 0 bridgehead atoms. The Kier molecular flexibility index (Phi) is 5.57. The lowest BCUT2D eigenvalue weighted by Crippen LogP contribution is -2.33. The molecule has 1 atom stereocenters. The molecule has 0 aliphatic rings. The van der Waals surface area contributed by atoms with Crippen molar-refractivity contribution in [2.24, 2.45) is 0 Å². The third-order valence-electron chi connectivity index (χ3n) is 3.47. The molecule has 5 heteroatoms. The fourth-order valence-corrected chi connectivity index (χ4v) is 3.03. The summed E-state index contributed by atoms with van der Waals surface area (Å²) >= 11 is 1.70. The summed E-state index contributed by atoms with van der Waals surface area (Å²) < 4.78 is 0. The van der Waals surface area contributed by atoms with Crippen molar-refractivity contribution in [3.8, 4) is 10.4 Å². The van der Waals surface area contributed by atoms with Crippen LogP contribution in [0.2, 0.25) is 0 Å². The minimum atomic E-state index is -0.402. The number of nitrogens with zero attached hydrogens (tertiary/aromatic N) is 1. The molecule has 4 nitrogen and oxygen atoms in total. The number of amides is 2. The summed E-state index contributed by atoms with van der Waals surface area (Å²) in [4.78, 5) is 14.9. The second-order valence-electron chi connectivity index (χ2n) is 5.50. The SMILES string of the molecule is Cc1ccsc1-c1cccc(NC(=O)N(C)CCC(C)O)c1. The maximum atomic E-state index is 12.1. The average Bonchev–Trinajstić information content (AvgIpc) is 2.91. The summed E-state index contributed by atoms with van der Waals surface area (Å²) in [5.41, 5.74) is 3.12. The predicted octanol–water partition coefficient (Wildman–Crippen LogP) is 3.96. The maximum absolute atomic E-state index is 12.1. The third-order valence-corrected chi connectivity index (χ3v) is 4.53. The van der Waals surface area contributed by atoms with Gasteiger partial charge in [-0.15, -0.1) is 11.3 Å². The molecule has 118 valence electrons. The van der Waals surface area contributed by atoms with Crippen molar-refractivity contribution in [2.75, 3.05) is 18.9 Å². The molecule has 0 saturated heterocycles. The van der Waals surface area contributed by atoms with Gasteiger partial charge in [0, 0.05) is 24.2 Å². The molecular weight excluding hydrogens is 296 g/mol. The van der Waals surface area contributed by atoms with E-state index in [9.17, 15) is 9.90 Å². The van der Waals surface area contributed by atoms with Gasteiger partial charge in [-0.1, -0.05) is 12.1 Å².